The van der Waals surface area contributed by atoms with Gasteiger partial charge in [-0.15, -0.1) is 0 Å². The molecule has 0 aromatic carbocycles. The Hall–Kier alpha value is -0.530. The van der Waals surface area contributed by atoms with Crippen molar-refractivity contribution >= 4 is 5.91 Å². The Morgan fingerprint density at radius 1 is 0.406 bits per heavy atom. The average Bonchev–Trinajstić information content (AvgIpc) is 2.81. The van der Waals surface area contributed by atoms with E-state index in [1.807, 2.05) is 0 Å². The second kappa shape index (κ2) is 28.5. The second-order valence-electron chi connectivity index (χ2n) is 10.3. The molecule has 0 bridgehead atoms. The van der Waals surface area contributed by atoms with Crippen LogP contribution in [0.2, 0.25) is 0 Å². The fourth-order valence-electron chi connectivity index (χ4n) is 4.73. The van der Waals surface area contributed by atoms with Gasteiger partial charge in [0.1, 0.15) is 0 Å². The molecule has 0 aliphatic carbocycles. The van der Waals surface area contributed by atoms with Crippen molar-refractivity contribution in [2.45, 2.75) is 180 Å². The minimum Gasteiger partial charge on any atom is -0.359 e. The molecular weight excluding hydrogens is 390 g/mol. The lowest BCUT2D eigenvalue weighted by Crippen LogP contribution is -2.16. The first-order chi connectivity index (χ1) is 15.8. The molecule has 2 nitrogen and oxygen atoms in total. The highest BCUT2D eigenvalue weighted by Crippen LogP contribution is 2.16. The molecule has 0 aliphatic heterocycles. The van der Waals surface area contributed by atoms with Crippen LogP contribution in [-0.4, -0.2) is 13.0 Å². The van der Waals surface area contributed by atoms with Crippen LogP contribution in [0, 0.1) is 0 Å². The summed E-state index contributed by atoms with van der Waals surface area (Å²) in [6, 6.07) is 0. The van der Waals surface area contributed by atoms with E-state index in [0.29, 0.717) is 6.42 Å². The van der Waals surface area contributed by atoms with Gasteiger partial charge in [-0.25, -0.2) is 0 Å². The zero-order valence-corrected chi connectivity index (χ0v) is 22.5. The van der Waals surface area contributed by atoms with Crippen molar-refractivity contribution in [2.24, 2.45) is 0 Å². The van der Waals surface area contributed by atoms with Crippen LogP contribution in [0.4, 0.5) is 0 Å². The van der Waals surface area contributed by atoms with Gasteiger partial charge in [-0.2, -0.15) is 0 Å². The third-order valence-corrected chi connectivity index (χ3v) is 7.04. The number of hydrogen-bond donors (Lipinski definition) is 1. The predicted octanol–water partition coefficient (Wildman–Crippen LogP) is 10.3. The van der Waals surface area contributed by atoms with E-state index >= 15 is 0 Å². The largest absolute Gasteiger partial charge is 0.359 e. The Kier molecular flexibility index (Phi) is 28.0. The Morgan fingerprint density at radius 3 is 0.844 bits per heavy atom. The highest BCUT2D eigenvalue weighted by atomic mass is 16.1. The minimum absolute atomic E-state index is 0.189. The van der Waals surface area contributed by atoms with E-state index in [-0.39, 0.29) is 5.91 Å². The normalized spacial score (nSPS) is 11.2. The molecule has 0 rings (SSSR count). The summed E-state index contributed by atoms with van der Waals surface area (Å²) in [6.07, 6.45) is 37.6. The zero-order chi connectivity index (χ0) is 23.4. The predicted molar refractivity (Wildman–Crippen MR) is 144 cm³/mol. The Balaban J connectivity index is 3.02. The first kappa shape index (κ1) is 31.5. The van der Waals surface area contributed by atoms with Gasteiger partial charge in [0.2, 0.25) is 5.91 Å². The van der Waals surface area contributed by atoms with E-state index in [9.17, 15) is 4.79 Å². The SMILES string of the molecule is CCCCCCCCCCCCCCCCCCCCCCCCCCCCC(=O)NC. The van der Waals surface area contributed by atoms with Crippen molar-refractivity contribution in [1.82, 2.24) is 5.32 Å². The maximum atomic E-state index is 11.1. The second-order valence-corrected chi connectivity index (χ2v) is 10.3. The number of nitrogens with one attached hydrogen (secondary N) is 1. The Bertz CT molecular complexity index is 355. The molecule has 192 valence electrons. The fourth-order valence-corrected chi connectivity index (χ4v) is 4.73. The van der Waals surface area contributed by atoms with Crippen LogP contribution in [0.1, 0.15) is 180 Å². The first-order valence-corrected chi connectivity index (χ1v) is 15.0. The Labute approximate surface area is 203 Å². The van der Waals surface area contributed by atoms with Gasteiger partial charge >= 0.3 is 0 Å². The summed E-state index contributed by atoms with van der Waals surface area (Å²) in [5.41, 5.74) is 0. The summed E-state index contributed by atoms with van der Waals surface area (Å²) in [5.74, 6) is 0.189. The summed E-state index contributed by atoms with van der Waals surface area (Å²) in [5, 5.41) is 2.69. The van der Waals surface area contributed by atoms with Gasteiger partial charge in [0.15, 0.2) is 0 Å². The first-order valence-electron chi connectivity index (χ1n) is 15.0. The molecule has 0 saturated carbocycles. The fraction of sp³-hybridized carbons (Fsp3) is 0.967. The van der Waals surface area contributed by atoms with Crippen LogP contribution in [0.5, 0.6) is 0 Å². The van der Waals surface area contributed by atoms with Crippen molar-refractivity contribution in [3.05, 3.63) is 0 Å². The smallest absolute Gasteiger partial charge is 0.219 e. The maximum absolute atomic E-state index is 11.1. The highest BCUT2D eigenvalue weighted by Gasteiger charge is 1.98. The molecule has 0 aliphatic rings. The maximum Gasteiger partial charge on any atom is 0.219 e. The Morgan fingerprint density at radius 2 is 0.625 bits per heavy atom. The lowest BCUT2D eigenvalue weighted by atomic mass is 10.0. The number of hydrogen-bond acceptors (Lipinski definition) is 1. The third-order valence-electron chi connectivity index (χ3n) is 7.04. The summed E-state index contributed by atoms with van der Waals surface area (Å²) in [4.78, 5) is 11.1. The van der Waals surface area contributed by atoms with E-state index in [1.54, 1.807) is 7.05 Å². The van der Waals surface area contributed by atoms with Crippen LogP contribution in [0.25, 0.3) is 0 Å². The summed E-state index contributed by atoms with van der Waals surface area (Å²) >= 11 is 0. The minimum atomic E-state index is 0.189. The van der Waals surface area contributed by atoms with Gasteiger partial charge in [-0.05, 0) is 6.42 Å². The molecule has 0 atom stereocenters. The number of amides is 1. The van der Waals surface area contributed by atoms with Gasteiger partial charge < -0.3 is 5.32 Å². The van der Waals surface area contributed by atoms with Gasteiger partial charge in [0, 0.05) is 13.5 Å². The van der Waals surface area contributed by atoms with Gasteiger partial charge in [0.25, 0.3) is 0 Å². The van der Waals surface area contributed by atoms with Crippen LogP contribution in [0.15, 0.2) is 0 Å². The van der Waals surface area contributed by atoms with Gasteiger partial charge in [-0.3, -0.25) is 4.79 Å². The summed E-state index contributed by atoms with van der Waals surface area (Å²) in [7, 11) is 1.73. The number of carbonyl (C=O) groups is 1. The molecular formula is C30H61NO. The highest BCUT2D eigenvalue weighted by molar-refractivity contribution is 5.75. The van der Waals surface area contributed by atoms with Crippen LogP contribution < -0.4 is 5.32 Å². The molecule has 0 aromatic heterocycles. The molecule has 0 saturated heterocycles. The number of rotatable bonds is 27. The molecule has 0 fully saturated rings. The number of carbonyl (C=O) groups excluding carboxylic acids is 1. The zero-order valence-electron chi connectivity index (χ0n) is 22.5. The average molecular weight is 452 g/mol. The third kappa shape index (κ3) is 27.5. The van der Waals surface area contributed by atoms with E-state index in [0.717, 1.165) is 6.42 Å². The molecule has 0 spiro atoms. The molecule has 0 aromatic rings. The van der Waals surface area contributed by atoms with Gasteiger partial charge in [0.05, 0.1) is 0 Å². The molecule has 2 heteroatoms. The lowest BCUT2D eigenvalue weighted by molar-refractivity contribution is -0.120. The molecule has 32 heavy (non-hydrogen) atoms. The summed E-state index contributed by atoms with van der Waals surface area (Å²) < 4.78 is 0. The molecule has 1 amide bonds. The van der Waals surface area contributed by atoms with E-state index in [2.05, 4.69) is 12.2 Å². The molecule has 1 N–H and O–H groups in total. The quantitative estimate of drug-likeness (QED) is 0.124. The van der Waals surface area contributed by atoms with Crippen molar-refractivity contribution < 1.29 is 4.79 Å². The van der Waals surface area contributed by atoms with Crippen molar-refractivity contribution in [3.63, 3.8) is 0 Å². The monoisotopic (exact) mass is 451 g/mol. The van der Waals surface area contributed by atoms with E-state index < -0.39 is 0 Å². The van der Waals surface area contributed by atoms with Gasteiger partial charge in [-0.1, -0.05) is 167 Å². The van der Waals surface area contributed by atoms with Crippen LogP contribution in [0.3, 0.4) is 0 Å². The molecule has 0 heterocycles. The lowest BCUT2D eigenvalue weighted by Gasteiger charge is -2.04. The van der Waals surface area contributed by atoms with Crippen LogP contribution >= 0.6 is 0 Å². The molecule has 0 unspecified atom stereocenters. The van der Waals surface area contributed by atoms with Crippen molar-refractivity contribution in [1.29, 1.82) is 0 Å². The van der Waals surface area contributed by atoms with E-state index in [1.165, 1.54) is 161 Å². The number of unbranched alkanes of at least 4 members (excludes halogenated alkanes) is 25. The summed E-state index contributed by atoms with van der Waals surface area (Å²) in [6.45, 7) is 2.30. The van der Waals surface area contributed by atoms with Crippen LogP contribution in [-0.2, 0) is 4.79 Å². The molecule has 0 radical (unpaired) electrons. The topological polar surface area (TPSA) is 29.1 Å². The van der Waals surface area contributed by atoms with Crippen molar-refractivity contribution in [3.8, 4) is 0 Å². The van der Waals surface area contributed by atoms with Crippen molar-refractivity contribution in [2.75, 3.05) is 7.05 Å². The standard InChI is InChI=1S/C30H61NO/c1-3-4-5-6-7-8-9-10-11-12-13-14-15-16-17-18-19-20-21-22-23-24-25-26-27-28-29-30(32)31-2/h3-29H2,1-2H3,(H,31,32). The van der Waals surface area contributed by atoms with E-state index in [4.69, 9.17) is 0 Å².